The molecule has 8 rings (SSSR count). The maximum Gasteiger partial charge on any atom is 0.410 e. The number of benzene rings is 2. The van der Waals surface area contributed by atoms with Crippen LogP contribution in [0.25, 0.3) is 0 Å². The Bertz CT molecular complexity index is 1930. The van der Waals surface area contributed by atoms with Crippen LogP contribution >= 0.6 is 11.6 Å². The van der Waals surface area contributed by atoms with Crippen molar-refractivity contribution in [2.75, 3.05) is 77.6 Å². The molecule has 0 radical (unpaired) electrons. The average molecular weight is 782 g/mol. The minimum absolute atomic E-state index is 0.000785. The molecule has 2 saturated heterocycles. The first kappa shape index (κ1) is 37.6. The molecule has 14 heteroatoms. The van der Waals surface area contributed by atoms with E-state index in [2.05, 4.69) is 26.7 Å². The van der Waals surface area contributed by atoms with E-state index >= 15 is 0 Å². The summed E-state index contributed by atoms with van der Waals surface area (Å²) in [5.74, 6) is 0.170. The van der Waals surface area contributed by atoms with Gasteiger partial charge in [-0.25, -0.2) is 17.9 Å². The lowest BCUT2D eigenvalue weighted by molar-refractivity contribution is -0.128. The third-order valence-corrected chi connectivity index (χ3v) is 14.6. The van der Waals surface area contributed by atoms with Gasteiger partial charge in [0, 0.05) is 62.2 Å². The number of anilines is 1. The van der Waals surface area contributed by atoms with E-state index in [-0.39, 0.29) is 34.3 Å². The standard InChI is InChI=1S/C40H52ClN5O7S/c1-39(2)37(47)42-54(49,50)31-10-13-36-34(21-31)46(25-40(26-52-36)14-4-6-27-20-29(41)9-12-33(27)40)22-28-8-11-32(28)35(7-5-15-43(39)3)53-38(48)45-17-16-44-18-19-51-24-30(44)23-45/h5,7,9-10,12-13,20-21,28,30,32,35H,4,6,8,11,14-19,22-26H2,1-3H3,(H,42,47)/b7-5+/t28-,30+,32+,35-,40-/m0/s1. The fourth-order valence-electron chi connectivity index (χ4n) is 9.23. The molecule has 1 spiro atoms. The molecule has 0 unspecified atom stereocenters. The molecule has 54 heavy (non-hydrogen) atoms. The van der Waals surface area contributed by atoms with Crippen LogP contribution in [0.2, 0.25) is 5.02 Å². The topological polar surface area (TPSA) is 121 Å². The second-order valence-electron chi connectivity index (χ2n) is 16.6. The highest BCUT2D eigenvalue weighted by atomic mass is 35.5. The number of halogens is 1. The largest absolute Gasteiger partial charge is 0.490 e. The van der Waals surface area contributed by atoms with Crippen LogP contribution in [0.3, 0.4) is 0 Å². The number of likely N-dealkylation sites (N-methyl/N-ethyl adjacent to an activating group) is 1. The molecule has 2 aromatic carbocycles. The fourth-order valence-corrected chi connectivity index (χ4v) is 10.6. The number of carbonyl (C=O) groups is 2. The van der Waals surface area contributed by atoms with Gasteiger partial charge in [-0.3, -0.25) is 14.6 Å². The van der Waals surface area contributed by atoms with Crippen molar-refractivity contribution >= 4 is 39.3 Å². The van der Waals surface area contributed by atoms with E-state index in [1.54, 1.807) is 37.9 Å². The third-order valence-electron chi connectivity index (χ3n) is 13.0. The number of morpholine rings is 1. The summed E-state index contributed by atoms with van der Waals surface area (Å²) in [6.07, 6.45) is 7.77. The molecule has 4 heterocycles. The average Bonchev–Trinajstić information content (AvgIpc) is 3.29. The smallest absolute Gasteiger partial charge is 0.410 e. The number of sulfonamides is 1. The minimum Gasteiger partial charge on any atom is -0.490 e. The van der Waals surface area contributed by atoms with Crippen molar-refractivity contribution in [3.63, 3.8) is 0 Å². The molecule has 6 aliphatic rings. The van der Waals surface area contributed by atoms with Gasteiger partial charge in [-0.1, -0.05) is 23.7 Å². The molecular formula is C40H52ClN5O7S. The van der Waals surface area contributed by atoms with Crippen molar-refractivity contribution in [1.29, 1.82) is 0 Å². The second-order valence-corrected chi connectivity index (χ2v) is 18.7. The summed E-state index contributed by atoms with van der Waals surface area (Å²) in [6.45, 7) is 9.58. The Labute approximate surface area is 323 Å². The van der Waals surface area contributed by atoms with Gasteiger partial charge in [0.2, 0.25) is 0 Å². The van der Waals surface area contributed by atoms with Gasteiger partial charge in [0.25, 0.3) is 15.9 Å². The molecule has 2 aliphatic carbocycles. The van der Waals surface area contributed by atoms with Gasteiger partial charge in [0.05, 0.1) is 42.0 Å². The highest BCUT2D eigenvalue weighted by Crippen LogP contribution is 2.47. The zero-order chi connectivity index (χ0) is 37.8. The Morgan fingerprint density at radius 2 is 1.93 bits per heavy atom. The Hall–Kier alpha value is -3.36. The quantitative estimate of drug-likeness (QED) is 0.416. The number of aryl methyl sites for hydroxylation is 1. The molecular weight excluding hydrogens is 730 g/mol. The Balaban J connectivity index is 1.15. The number of hydrogen-bond acceptors (Lipinski definition) is 10. The first-order chi connectivity index (χ1) is 25.8. The van der Waals surface area contributed by atoms with Crippen LogP contribution in [-0.4, -0.2) is 125 Å². The number of ether oxygens (including phenoxy) is 3. The number of nitrogens with zero attached hydrogens (tertiary/aromatic N) is 4. The summed E-state index contributed by atoms with van der Waals surface area (Å²) in [6, 6.07) is 11.2. The van der Waals surface area contributed by atoms with Crippen LogP contribution in [0, 0.1) is 11.8 Å². The summed E-state index contributed by atoms with van der Waals surface area (Å²) < 4.78 is 48.8. The first-order valence-corrected chi connectivity index (χ1v) is 21.2. The number of fused-ring (bicyclic) bond motifs is 5. The number of piperazine rings is 1. The van der Waals surface area contributed by atoms with Crippen molar-refractivity contribution in [2.45, 2.75) is 73.9 Å². The molecule has 2 amide bonds. The SMILES string of the molecule is CN1C/C=C/[C@H](OC(=O)N2CCN3CCOC[C@H]3C2)[C@@H]2CC[C@H]2CN2C[C@@]3(CCCc4cc(Cl)ccc43)COc3ccc(cc32)S(=O)(=O)NC(=O)C1(C)C. The van der Waals surface area contributed by atoms with Gasteiger partial charge < -0.3 is 24.0 Å². The predicted octanol–water partition coefficient (Wildman–Crippen LogP) is 4.45. The van der Waals surface area contributed by atoms with Crippen LogP contribution in [0.1, 0.15) is 50.7 Å². The molecule has 12 nitrogen and oxygen atoms in total. The molecule has 5 atom stereocenters. The van der Waals surface area contributed by atoms with Gasteiger partial charge in [-0.05, 0) is 106 Å². The lowest BCUT2D eigenvalue weighted by atomic mass is 9.68. The van der Waals surface area contributed by atoms with E-state index in [9.17, 15) is 18.0 Å². The number of hydrogen-bond donors (Lipinski definition) is 1. The number of carbonyl (C=O) groups excluding carboxylic acids is 2. The highest BCUT2D eigenvalue weighted by molar-refractivity contribution is 7.90. The van der Waals surface area contributed by atoms with Crippen molar-refractivity contribution in [2.24, 2.45) is 11.8 Å². The maximum atomic E-state index is 13.9. The predicted molar refractivity (Wildman–Crippen MR) is 206 cm³/mol. The van der Waals surface area contributed by atoms with Crippen molar-refractivity contribution in [3.8, 4) is 5.75 Å². The summed E-state index contributed by atoms with van der Waals surface area (Å²) in [5, 5.41) is 0.708. The summed E-state index contributed by atoms with van der Waals surface area (Å²) in [5.41, 5.74) is 1.58. The van der Waals surface area contributed by atoms with Crippen LogP contribution in [0.4, 0.5) is 10.5 Å². The first-order valence-electron chi connectivity index (χ1n) is 19.4. The molecule has 2 aromatic rings. The molecule has 1 N–H and O–H groups in total. The van der Waals surface area contributed by atoms with E-state index in [4.69, 9.17) is 25.8 Å². The molecule has 2 bridgehead atoms. The minimum atomic E-state index is -4.22. The van der Waals surface area contributed by atoms with Crippen LogP contribution < -0.4 is 14.4 Å². The maximum absolute atomic E-state index is 13.9. The third kappa shape index (κ3) is 7.11. The zero-order valence-corrected chi connectivity index (χ0v) is 33.0. The fraction of sp³-hybridized carbons (Fsp3) is 0.600. The molecule has 292 valence electrons. The normalized spacial score (nSPS) is 31.7. The van der Waals surface area contributed by atoms with E-state index in [0.29, 0.717) is 62.4 Å². The van der Waals surface area contributed by atoms with Crippen LogP contribution in [0.5, 0.6) is 5.75 Å². The lowest BCUT2D eigenvalue weighted by Crippen LogP contribution is -2.59. The van der Waals surface area contributed by atoms with Gasteiger partial charge >= 0.3 is 6.09 Å². The summed E-state index contributed by atoms with van der Waals surface area (Å²) in [7, 11) is -2.44. The molecule has 1 saturated carbocycles. The molecule has 0 aromatic heterocycles. The van der Waals surface area contributed by atoms with Gasteiger partial charge in [-0.15, -0.1) is 0 Å². The lowest BCUT2D eigenvalue weighted by Gasteiger charge is -2.46. The Kier molecular flexibility index (Phi) is 10.2. The van der Waals surface area contributed by atoms with E-state index in [1.807, 2.05) is 23.1 Å². The van der Waals surface area contributed by atoms with Gasteiger partial charge in [-0.2, -0.15) is 0 Å². The van der Waals surface area contributed by atoms with Gasteiger partial charge in [0.1, 0.15) is 11.9 Å². The van der Waals surface area contributed by atoms with Crippen molar-refractivity contribution < 1.29 is 32.2 Å². The van der Waals surface area contributed by atoms with Crippen molar-refractivity contribution in [3.05, 3.63) is 64.7 Å². The zero-order valence-electron chi connectivity index (χ0n) is 31.5. The molecule has 4 aliphatic heterocycles. The summed E-state index contributed by atoms with van der Waals surface area (Å²) >= 11 is 6.47. The monoisotopic (exact) mass is 781 g/mol. The Morgan fingerprint density at radius 3 is 2.74 bits per heavy atom. The number of amides is 2. The summed E-state index contributed by atoms with van der Waals surface area (Å²) in [4.78, 5) is 35.8. The second kappa shape index (κ2) is 14.6. The number of rotatable bonds is 1. The Morgan fingerprint density at radius 1 is 1.07 bits per heavy atom. The number of nitrogens with one attached hydrogen (secondary N) is 1. The van der Waals surface area contributed by atoms with Crippen LogP contribution in [-0.2, 0) is 36.1 Å². The van der Waals surface area contributed by atoms with E-state index in [0.717, 1.165) is 51.8 Å². The van der Waals surface area contributed by atoms with Crippen LogP contribution in [0.15, 0.2) is 53.4 Å². The van der Waals surface area contributed by atoms with E-state index in [1.165, 1.54) is 17.2 Å². The van der Waals surface area contributed by atoms with Gasteiger partial charge in [0.15, 0.2) is 0 Å². The van der Waals surface area contributed by atoms with Crippen molar-refractivity contribution in [1.82, 2.24) is 19.4 Å². The molecule has 3 fully saturated rings. The highest BCUT2D eigenvalue weighted by Gasteiger charge is 2.46. The van der Waals surface area contributed by atoms with E-state index < -0.39 is 27.6 Å².